The normalized spacial score (nSPS) is 11.8. The number of aryl methyl sites for hydroxylation is 2. The Labute approximate surface area is 196 Å². The number of benzene rings is 1. The molecule has 0 aliphatic heterocycles. The summed E-state index contributed by atoms with van der Waals surface area (Å²) in [5, 5.41) is 9.01. The molecule has 3 aromatic rings. The van der Waals surface area contributed by atoms with Gasteiger partial charge in [-0.2, -0.15) is 0 Å². The number of carbonyl (C=O) groups excluding carboxylic acids is 2. The second-order valence-electron chi connectivity index (χ2n) is 7.49. The molecular formula is C23H27N5O2S2. The van der Waals surface area contributed by atoms with E-state index in [2.05, 4.69) is 25.6 Å². The second kappa shape index (κ2) is 10.7. The van der Waals surface area contributed by atoms with Gasteiger partial charge in [-0.3, -0.25) is 9.59 Å². The van der Waals surface area contributed by atoms with Crippen molar-refractivity contribution in [2.45, 2.75) is 51.7 Å². The fraction of sp³-hybridized carbons (Fsp3) is 0.348. The first kappa shape index (κ1) is 23.9. The maximum Gasteiger partial charge on any atom is 0.226 e. The standard InChI is InChI=1S/C23H27N5O2S2/c1-13(24-16(4)29)17-6-8-18(9-7-17)20-12-32-23(27-20)28-21(30)11-10-19-14(2)25-22(31-5)26-15(19)3/h6-9,12-13H,10-11H2,1-5H3,(H,24,29)(H,27,28,30). The third kappa shape index (κ3) is 6.14. The van der Waals surface area contributed by atoms with E-state index in [0.29, 0.717) is 18.0 Å². The van der Waals surface area contributed by atoms with E-state index in [0.717, 1.165) is 38.9 Å². The lowest BCUT2D eigenvalue weighted by molar-refractivity contribution is -0.119. The summed E-state index contributed by atoms with van der Waals surface area (Å²) in [7, 11) is 0. The smallest absolute Gasteiger partial charge is 0.226 e. The highest BCUT2D eigenvalue weighted by Gasteiger charge is 2.13. The van der Waals surface area contributed by atoms with Gasteiger partial charge in [-0.15, -0.1) is 11.3 Å². The molecule has 0 aliphatic carbocycles. The largest absolute Gasteiger partial charge is 0.350 e. The summed E-state index contributed by atoms with van der Waals surface area (Å²) < 4.78 is 0. The molecule has 32 heavy (non-hydrogen) atoms. The van der Waals surface area contributed by atoms with Crippen molar-refractivity contribution >= 4 is 40.0 Å². The molecular weight excluding hydrogens is 442 g/mol. The van der Waals surface area contributed by atoms with E-state index in [9.17, 15) is 9.59 Å². The van der Waals surface area contributed by atoms with Gasteiger partial charge in [0, 0.05) is 35.7 Å². The Balaban J connectivity index is 1.59. The van der Waals surface area contributed by atoms with Gasteiger partial charge in [-0.1, -0.05) is 36.0 Å². The maximum absolute atomic E-state index is 12.5. The molecule has 0 bridgehead atoms. The molecule has 1 aromatic carbocycles. The number of rotatable bonds is 8. The van der Waals surface area contributed by atoms with Crippen molar-refractivity contribution < 1.29 is 9.59 Å². The fourth-order valence-corrected chi connectivity index (χ4v) is 4.57. The number of anilines is 1. The molecule has 2 amide bonds. The Morgan fingerprint density at radius 3 is 2.34 bits per heavy atom. The van der Waals surface area contributed by atoms with Crippen LogP contribution in [0.5, 0.6) is 0 Å². The summed E-state index contributed by atoms with van der Waals surface area (Å²) in [5.41, 5.74) is 5.64. The highest BCUT2D eigenvalue weighted by atomic mass is 32.2. The summed E-state index contributed by atoms with van der Waals surface area (Å²) in [5.74, 6) is -0.144. The van der Waals surface area contributed by atoms with Crippen LogP contribution in [0, 0.1) is 13.8 Å². The zero-order valence-electron chi connectivity index (χ0n) is 18.9. The minimum absolute atomic E-state index is 0.0542. The lowest BCUT2D eigenvalue weighted by Crippen LogP contribution is -2.23. The van der Waals surface area contributed by atoms with Crippen LogP contribution in [-0.2, 0) is 16.0 Å². The molecule has 2 heterocycles. The van der Waals surface area contributed by atoms with E-state index >= 15 is 0 Å². The van der Waals surface area contributed by atoms with Crippen LogP contribution in [0.15, 0.2) is 34.8 Å². The molecule has 1 atom stereocenters. The quantitative estimate of drug-likeness (QED) is 0.366. The van der Waals surface area contributed by atoms with Crippen LogP contribution in [0.25, 0.3) is 11.3 Å². The number of hydrogen-bond acceptors (Lipinski definition) is 7. The Morgan fingerprint density at radius 2 is 1.75 bits per heavy atom. The van der Waals surface area contributed by atoms with E-state index in [-0.39, 0.29) is 17.9 Å². The van der Waals surface area contributed by atoms with Crippen molar-refractivity contribution in [3.8, 4) is 11.3 Å². The summed E-state index contributed by atoms with van der Waals surface area (Å²) >= 11 is 2.91. The molecule has 0 radical (unpaired) electrons. The number of hydrogen-bond donors (Lipinski definition) is 2. The fourth-order valence-electron chi connectivity index (χ4n) is 3.38. The van der Waals surface area contributed by atoms with Crippen LogP contribution < -0.4 is 10.6 Å². The van der Waals surface area contributed by atoms with Crippen molar-refractivity contribution in [3.63, 3.8) is 0 Å². The molecule has 7 nitrogen and oxygen atoms in total. The van der Waals surface area contributed by atoms with Gasteiger partial charge in [0.15, 0.2) is 10.3 Å². The summed E-state index contributed by atoms with van der Waals surface area (Å²) in [6.45, 7) is 7.36. The predicted octanol–water partition coefficient (Wildman–Crippen LogP) is 4.71. The molecule has 3 rings (SSSR count). The number of nitrogens with one attached hydrogen (secondary N) is 2. The van der Waals surface area contributed by atoms with E-state index in [1.165, 1.54) is 30.0 Å². The molecule has 0 spiro atoms. The lowest BCUT2D eigenvalue weighted by Gasteiger charge is -2.13. The monoisotopic (exact) mass is 469 g/mol. The molecule has 2 aromatic heterocycles. The lowest BCUT2D eigenvalue weighted by atomic mass is 10.1. The van der Waals surface area contributed by atoms with Crippen LogP contribution in [0.2, 0.25) is 0 Å². The molecule has 0 saturated heterocycles. The Bertz CT molecular complexity index is 1090. The van der Waals surface area contributed by atoms with Crippen LogP contribution in [-0.4, -0.2) is 33.0 Å². The van der Waals surface area contributed by atoms with Gasteiger partial charge >= 0.3 is 0 Å². The van der Waals surface area contributed by atoms with Crippen molar-refractivity contribution in [1.82, 2.24) is 20.3 Å². The summed E-state index contributed by atoms with van der Waals surface area (Å²) in [4.78, 5) is 37.2. The maximum atomic E-state index is 12.5. The Morgan fingerprint density at radius 1 is 1.09 bits per heavy atom. The van der Waals surface area contributed by atoms with Gasteiger partial charge in [0.2, 0.25) is 11.8 Å². The van der Waals surface area contributed by atoms with Crippen LogP contribution in [0.1, 0.15) is 48.8 Å². The van der Waals surface area contributed by atoms with E-state index in [4.69, 9.17) is 0 Å². The number of thioether (sulfide) groups is 1. The Hall–Kier alpha value is -2.78. The molecule has 2 N–H and O–H groups in total. The van der Waals surface area contributed by atoms with Crippen molar-refractivity contribution in [1.29, 1.82) is 0 Å². The zero-order chi connectivity index (χ0) is 23.3. The topological polar surface area (TPSA) is 96.9 Å². The first-order valence-corrected chi connectivity index (χ1v) is 12.4. The minimum atomic E-state index is -0.0851. The van der Waals surface area contributed by atoms with Crippen LogP contribution >= 0.6 is 23.1 Å². The molecule has 168 valence electrons. The van der Waals surface area contributed by atoms with E-state index in [1.54, 1.807) is 0 Å². The zero-order valence-corrected chi connectivity index (χ0v) is 20.5. The van der Waals surface area contributed by atoms with Crippen LogP contribution in [0.3, 0.4) is 0 Å². The Kier molecular flexibility index (Phi) is 7.98. The predicted molar refractivity (Wildman–Crippen MR) is 130 cm³/mol. The van der Waals surface area contributed by atoms with Gasteiger partial charge in [0.25, 0.3) is 0 Å². The molecule has 0 aliphatic rings. The third-order valence-corrected chi connectivity index (χ3v) is 6.37. The van der Waals surface area contributed by atoms with Gasteiger partial charge in [-0.05, 0) is 44.6 Å². The first-order chi connectivity index (χ1) is 15.3. The number of aromatic nitrogens is 3. The van der Waals surface area contributed by atoms with Crippen LogP contribution in [0.4, 0.5) is 5.13 Å². The number of nitrogens with zero attached hydrogens (tertiary/aromatic N) is 3. The number of thiazole rings is 1. The van der Waals surface area contributed by atoms with Crippen molar-refractivity contribution in [3.05, 3.63) is 52.2 Å². The third-order valence-electron chi connectivity index (χ3n) is 5.06. The number of amides is 2. The summed E-state index contributed by atoms with van der Waals surface area (Å²) in [6, 6.07) is 7.84. The van der Waals surface area contributed by atoms with Crippen molar-refractivity contribution in [2.24, 2.45) is 0 Å². The average molecular weight is 470 g/mol. The molecule has 0 fully saturated rings. The first-order valence-electron chi connectivity index (χ1n) is 10.3. The second-order valence-corrected chi connectivity index (χ2v) is 9.12. The van der Waals surface area contributed by atoms with Gasteiger partial charge in [0.05, 0.1) is 11.7 Å². The number of carbonyl (C=O) groups is 2. The minimum Gasteiger partial charge on any atom is -0.350 e. The van der Waals surface area contributed by atoms with Gasteiger partial charge < -0.3 is 10.6 Å². The van der Waals surface area contributed by atoms with Gasteiger partial charge in [-0.25, -0.2) is 15.0 Å². The summed E-state index contributed by atoms with van der Waals surface area (Å²) in [6.07, 6.45) is 2.88. The van der Waals surface area contributed by atoms with E-state index < -0.39 is 0 Å². The highest BCUT2D eigenvalue weighted by molar-refractivity contribution is 7.98. The molecule has 0 saturated carbocycles. The average Bonchev–Trinajstić information content (AvgIpc) is 3.21. The molecule has 9 heteroatoms. The highest BCUT2D eigenvalue weighted by Crippen LogP contribution is 2.26. The van der Waals surface area contributed by atoms with E-state index in [1.807, 2.05) is 56.7 Å². The molecule has 1 unspecified atom stereocenters. The SMILES string of the molecule is CSc1nc(C)c(CCC(=O)Nc2nc(-c3ccc(C(C)NC(C)=O)cc3)cs2)c(C)n1. The van der Waals surface area contributed by atoms with Gasteiger partial charge in [0.1, 0.15) is 0 Å². The van der Waals surface area contributed by atoms with Crippen molar-refractivity contribution in [2.75, 3.05) is 11.6 Å².